The molecule has 0 aromatic heterocycles. The Morgan fingerprint density at radius 1 is 1.00 bits per heavy atom. The summed E-state index contributed by atoms with van der Waals surface area (Å²) in [5, 5.41) is 3.02. The van der Waals surface area contributed by atoms with E-state index < -0.39 is 10.0 Å². The molecule has 8 nitrogen and oxygen atoms in total. The van der Waals surface area contributed by atoms with Crippen molar-refractivity contribution in [2.75, 3.05) is 39.5 Å². The second-order valence-electron chi connectivity index (χ2n) is 8.87. The SMILES string of the molecule is C[C@H](NC(=O)CN1CCN(S(=O)(=O)c2ccc3c(c2)CCC3)CC1)c1ccc2c(c1)OCO2. The maximum atomic E-state index is 13.1. The van der Waals surface area contributed by atoms with Crippen molar-refractivity contribution in [2.45, 2.75) is 37.1 Å². The van der Waals surface area contributed by atoms with Gasteiger partial charge in [0.2, 0.25) is 22.7 Å². The van der Waals surface area contributed by atoms with E-state index in [1.54, 1.807) is 6.07 Å². The minimum Gasteiger partial charge on any atom is -0.454 e. The molecule has 2 aromatic rings. The second kappa shape index (κ2) is 8.96. The summed E-state index contributed by atoms with van der Waals surface area (Å²) in [6.07, 6.45) is 3.07. The summed E-state index contributed by atoms with van der Waals surface area (Å²) in [7, 11) is -3.51. The highest BCUT2D eigenvalue weighted by atomic mass is 32.2. The molecule has 0 unspecified atom stereocenters. The van der Waals surface area contributed by atoms with Crippen LogP contribution in [0.2, 0.25) is 0 Å². The number of rotatable bonds is 6. The van der Waals surface area contributed by atoms with E-state index >= 15 is 0 Å². The highest BCUT2D eigenvalue weighted by Crippen LogP contribution is 2.34. The number of piperazine rings is 1. The summed E-state index contributed by atoms with van der Waals surface area (Å²) >= 11 is 0. The van der Waals surface area contributed by atoms with Crippen molar-refractivity contribution < 1.29 is 22.7 Å². The number of carbonyl (C=O) groups is 1. The zero-order valence-corrected chi connectivity index (χ0v) is 19.6. The van der Waals surface area contributed by atoms with Crippen LogP contribution in [-0.4, -0.2) is 63.0 Å². The smallest absolute Gasteiger partial charge is 0.243 e. The molecular weight excluding hydrogens is 442 g/mol. The van der Waals surface area contributed by atoms with Gasteiger partial charge in [0.1, 0.15) is 0 Å². The molecule has 0 saturated carbocycles. The summed E-state index contributed by atoms with van der Waals surface area (Å²) in [5.41, 5.74) is 3.36. The molecule has 1 fully saturated rings. The van der Waals surface area contributed by atoms with Crippen molar-refractivity contribution in [3.8, 4) is 11.5 Å². The minimum atomic E-state index is -3.51. The van der Waals surface area contributed by atoms with Crippen molar-refractivity contribution in [3.63, 3.8) is 0 Å². The molecule has 0 bridgehead atoms. The van der Waals surface area contributed by atoms with E-state index in [4.69, 9.17) is 9.47 Å². The highest BCUT2D eigenvalue weighted by molar-refractivity contribution is 7.89. The van der Waals surface area contributed by atoms with Gasteiger partial charge in [-0.05, 0) is 67.1 Å². The third-order valence-corrected chi connectivity index (χ3v) is 8.57. The fraction of sp³-hybridized carbons (Fsp3) is 0.458. The second-order valence-corrected chi connectivity index (χ2v) is 10.8. The summed E-state index contributed by atoms with van der Waals surface area (Å²) in [6.45, 7) is 4.19. The fourth-order valence-electron chi connectivity index (χ4n) is 4.74. The third-order valence-electron chi connectivity index (χ3n) is 6.68. The quantitative estimate of drug-likeness (QED) is 0.694. The van der Waals surface area contributed by atoms with Crippen molar-refractivity contribution in [1.82, 2.24) is 14.5 Å². The first-order chi connectivity index (χ1) is 15.9. The van der Waals surface area contributed by atoms with Gasteiger partial charge in [-0.3, -0.25) is 9.69 Å². The standard InChI is InChI=1S/C24H29N3O5S/c1-17(19-6-8-22-23(14-19)32-16-31-22)25-24(28)15-26-9-11-27(12-10-26)33(29,30)21-7-5-18-3-2-4-20(18)13-21/h5-8,13-14,17H,2-4,9-12,15-16H2,1H3,(H,25,28)/t17-/m0/s1. The first kappa shape index (κ1) is 22.2. The molecule has 9 heteroatoms. The lowest BCUT2D eigenvalue weighted by Gasteiger charge is -2.33. The molecule has 1 saturated heterocycles. The molecule has 176 valence electrons. The Hall–Kier alpha value is -2.62. The highest BCUT2D eigenvalue weighted by Gasteiger charge is 2.30. The minimum absolute atomic E-state index is 0.0879. The molecule has 1 aliphatic carbocycles. The molecule has 1 atom stereocenters. The van der Waals surface area contributed by atoms with E-state index in [1.165, 1.54) is 9.87 Å². The van der Waals surface area contributed by atoms with Gasteiger partial charge in [0.15, 0.2) is 11.5 Å². The maximum absolute atomic E-state index is 13.1. The van der Waals surface area contributed by atoms with Crippen molar-refractivity contribution in [3.05, 3.63) is 53.1 Å². The van der Waals surface area contributed by atoms with Gasteiger partial charge in [-0.2, -0.15) is 4.31 Å². The van der Waals surface area contributed by atoms with Crippen LogP contribution in [0.15, 0.2) is 41.3 Å². The van der Waals surface area contributed by atoms with Gasteiger partial charge >= 0.3 is 0 Å². The van der Waals surface area contributed by atoms with Crippen LogP contribution in [0.3, 0.4) is 0 Å². The zero-order chi connectivity index (χ0) is 23.0. The van der Waals surface area contributed by atoms with E-state index in [9.17, 15) is 13.2 Å². The van der Waals surface area contributed by atoms with Gasteiger partial charge in [0.05, 0.1) is 17.5 Å². The van der Waals surface area contributed by atoms with Gasteiger partial charge in [-0.25, -0.2) is 8.42 Å². The lowest BCUT2D eigenvalue weighted by Crippen LogP contribution is -2.51. The Balaban J connectivity index is 1.14. The van der Waals surface area contributed by atoms with Gasteiger partial charge in [0, 0.05) is 26.2 Å². The molecule has 1 amide bonds. The summed E-state index contributed by atoms with van der Waals surface area (Å²) in [5.74, 6) is 1.31. The van der Waals surface area contributed by atoms with Gasteiger partial charge in [-0.15, -0.1) is 0 Å². The number of benzene rings is 2. The number of nitrogens with one attached hydrogen (secondary N) is 1. The summed E-state index contributed by atoms with van der Waals surface area (Å²) in [4.78, 5) is 15.0. The number of ether oxygens (including phenoxy) is 2. The molecule has 2 aromatic carbocycles. The molecular formula is C24H29N3O5S. The van der Waals surface area contributed by atoms with Crippen LogP contribution in [0.5, 0.6) is 11.5 Å². The number of carbonyl (C=O) groups excluding carboxylic acids is 1. The molecule has 2 aliphatic heterocycles. The Morgan fingerprint density at radius 3 is 2.58 bits per heavy atom. The van der Waals surface area contributed by atoms with E-state index in [2.05, 4.69) is 5.32 Å². The third kappa shape index (κ3) is 4.58. The van der Waals surface area contributed by atoms with E-state index in [0.29, 0.717) is 42.6 Å². The number of sulfonamides is 1. The number of amides is 1. The van der Waals surface area contributed by atoms with Crippen molar-refractivity contribution >= 4 is 15.9 Å². The van der Waals surface area contributed by atoms with E-state index in [-0.39, 0.29) is 25.3 Å². The Morgan fingerprint density at radius 2 is 1.76 bits per heavy atom. The molecule has 1 N–H and O–H groups in total. The van der Waals surface area contributed by atoms with Crippen molar-refractivity contribution in [2.24, 2.45) is 0 Å². The largest absolute Gasteiger partial charge is 0.454 e. The number of hydrogen-bond acceptors (Lipinski definition) is 6. The lowest BCUT2D eigenvalue weighted by atomic mass is 10.1. The topological polar surface area (TPSA) is 88.2 Å². The average Bonchev–Trinajstić information content (AvgIpc) is 3.47. The number of fused-ring (bicyclic) bond motifs is 2. The van der Waals surface area contributed by atoms with Crippen molar-refractivity contribution in [1.29, 1.82) is 0 Å². The summed E-state index contributed by atoms with van der Waals surface area (Å²) < 4.78 is 38.5. The van der Waals surface area contributed by atoms with Crippen LogP contribution >= 0.6 is 0 Å². The predicted molar refractivity (Wildman–Crippen MR) is 123 cm³/mol. The predicted octanol–water partition coefficient (Wildman–Crippen LogP) is 2.09. The zero-order valence-electron chi connectivity index (χ0n) is 18.7. The molecule has 0 spiro atoms. The van der Waals surface area contributed by atoms with Gasteiger partial charge in [0.25, 0.3) is 0 Å². The molecule has 0 radical (unpaired) electrons. The van der Waals surface area contributed by atoms with Crippen LogP contribution in [0.25, 0.3) is 0 Å². The molecule has 33 heavy (non-hydrogen) atoms. The van der Waals surface area contributed by atoms with E-state index in [1.807, 2.05) is 42.2 Å². The first-order valence-electron chi connectivity index (χ1n) is 11.4. The lowest BCUT2D eigenvalue weighted by molar-refractivity contribution is -0.123. The van der Waals surface area contributed by atoms with Gasteiger partial charge < -0.3 is 14.8 Å². The van der Waals surface area contributed by atoms with Crippen LogP contribution in [-0.2, 0) is 27.7 Å². The van der Waals surface area contributed by atoms with Crippen LogP contribution in [0.1, 0.15) is 36.1 Å². The monoisotopic (exact) mass is 471 g/mol. The van der Waals surface area contributed by atoms with Gasteiger partial charge in [-0.1, -0.05) is 12.1 Å². The molecule has 2 heterocycles. The Bertz CT molecular complexity index is 1160. The number of nitrogens with zero attached hydrogens (tertiary/aromatic N) is 2. The Kier molecular flexibility index (Phi) is 6.03. The fourth-order valence-corrected chi connectivity index (χ4v) is 6.22. The van der Waals surface area contributed by atoms with E-state index in [0.717, 1.165) is 30.4 Å². The van der Waals surface area contributed by atoms with Crippen LogP contribution in [0, 0.1) is 0 Å². The molecule has 5 rings (SSSR count). The first-order valence-corrected chi connectivity index (χ1v) is 12.9. The molecule has 3 aliphatic rings. The van der Waals surface area contributed by atoms with Crippen LogP contribution in [0.4, 0.5) is 0 Å². The normalized spacial score (nSPS) is 19.3. The average molecular weight is 472 g/mol. The summed E-state index contributed by atoms with van der Waals surface area (Å²) in [6, 6.07) is 11.0. The number of aryl methyl sites for hydroxylation is 2. The van der Waals surface area contributed by atoms with Crippen LogP contribution < -0.4 is 14.8 Å². The number of hydrogen-bond donors (Lipinski definition) is 1. The Labute approximate surface area is 194 Å². The maximum Gasteiger partial charge on any atom is 0.243 e.